The van der Waals surface area contributed by atoms with E-state index >= 15 is 0 Å². The Balaban J connectivity index is 1.92. The predicted octanol–water partition coefficient (Wildman–Crippen LogP) is 6.68. The molecule has 2 N–H and O–H groups in total. The number of Topliss-reactive ketones (excluding diaryl/α,β-unsaturated/α-hetero) is 1. The van der Waals surface area contributed by atoms with E-state index in [9.17, 15) is 15.0 Å². The topological polar surface area (TPSA) is 76.0 Å². The van der Waals surface area contributed by atoms with Gasteiger partial charge in [0.15, 0.2) is 5.78 Å². The molecule has 2 aromatic carbocycles. The zero-order valence-corrected chi connectivity index (χ0v) is 20.0. The standard InChI is InChI=1S/C28H34O5/c1-6-32-26-15-20(29)10-12-23(26)27-16-25(31)22-13-14-24(30)21(28(22)33-27)11-9-19(18(4)5)8-7-17(2)3/h7,10,12-15,19,27,29-30H,4,6,8-9,11,16H2,1-3,5H3. The zero-order valence-electron chi connectivity index (χ0n) is 20.0. The summed E-state index contributed by atoms with van der Waals surface area (Å²) in [5.74, 6) is 1.37. The summed E-state index contributed by atoms with van der Waals surface area (Å²) in [5, 5.41) is 20.5. The Morgan fingerprint density at radius 1 is 1.24 bits per heavy atom. The van der Waals surface area contributed by atoms with Crippen LogP contribution in [-0.4, -0.2) is 22.6 Å². The molecular formula is C28H34O5. The molecule has 1 aliphatic heterocycles. The molecule has 0 saturated carbocycles. The molecule has 5 nitrogen and oxygen atoms in total. The molecule has 0 fully saturated rings. The van der Waals surface area contributed by atoms with Crippen LogP contribution in [-0.2, 0) is 6.42 Å². The van der Waals surface area contributed by atoms with Crippen LogP contribution in [0.5, 0.6) is 23.0 Å². The second-order valence-electron chi connectivity index (χ2n) is 8.93. The quantitative estimate of drug-likeness (QED) is 0.417. The lowest BCUT2D eigenvalue weighted by atomic mass is 9.88. The smallest absolute Gasteiger partial charge is 0.170 e. The number of carbonyl (C=O) groups is 1. The van der Waals surface area contributed by atoms with Crippen LogP contribution in [0.15, 0.2) is 54.1 Å². The van der Waals surface area contributed by atoms with Crippen molar-refractivity contribution in [3.8, 4) is 23.0 Å². The summed E-state index contributed by atoms with van der Waals surface area (Å²) >= 11 is 0. The number of phenolic OH excluding ortho intramolecular Hbond substituents is 2. The van der Waals surface area contributed by atoms with E-state index < -0.39 is 6.10 Å². The summed E-state index contributed by atoms with van der Waals surface area (Å²) in [4.78, 5) is 13.0. The van der Waals surface area contributed by atoms with Crippen LogP contribution in [0.4, 0.5) is 0 Å². The fourth-order valence-electron chi connectivity index (χ4n) is 4.18. The van der Waals surface area contributed by atoms with Crippen LogP contribution in [0.1, 0.15) is 74.5 Å². The highest BCUT2D eigenvalue weighted by Crippen LogP contribution is 2.44. The number of ether oxygens (including phenoxy) is 2. The number of aromatic hydroxyl groups is 2. The molecule has 2 aromatic rings. The largest absolute Gasteiger partial charge is 0.508 e. The molecule has 5 heteroatoms. The fourth-order valence-corrected chi connectivity index (χ4v) is 4.18. The lowest BCUT2D eigenvalue weighted by Gasteiger charge is -2.29. The molecule has 0 bridgehead atoms. The summed E-state index contributed by atoms with van der Waals surface area (Å²) < 4.78 is 12.0. The fraction of sp³-hybridized carbons (Fsp3) is 0.393. The molecule has 1 heterocycles. The van der Waals surface area contributed by atoms with Gasteiger partial charge in [0.2, 0.25) is 0 Å². The maximum atomic E-state index is 13.0. The zero-order chi connectivity index (χ0) is 24.1. The second kappa shape index (κ2) is 10.6. The van der Waals surface area contributed by atoms with E-state index in [4.69, 9.17) is 9.47 Å². The number of allylic oxidation sites excluding steroid dienone is 3. The number of rotatable bonds is 9. The molecule has 0 amide bonds. The van der Waals surface area contributed by atoms with E-state index in [1.165, 1.54) is 11.6 Å². The average Bonchev–Trinajstić information content (AvgIpc) is 2.74. The van der Waals surface area contributed by atoms with E-state index in [2.05, 4.69) is 26.5 Å². The highest BCUT2D eigenvalue weighted by Gasteiger charge is 2.32. The van der Waals surface area contributed by atoms with Crippen molar-refractivity contribution in [2.75, 3.05) is 6.61 Å². The van der Waals surface area contributed by atoms with E-state index in [0.29, 0.717) is 41.2 Å². The Labute approximate surface area is 196 Å². The molecule has 2 atom stereocenters. The molecular weight excluding hydrogens is 416 g/mol. The van der Waals surface area contributed by atoms with Crippen molar-refractivity contribution < 1.29 is 24.5 Å². The van der Waals surface area contributed by atoms with Crippen LogP contribution in [0, 0.1) is 5.92 Å². The first-order chi connectivity index (χ1) is 15.7. The van der Waals surface area contributed by atoms with Gasteiger partial charge in [-0.25, -0.2) is 0 Å². The average molecular weight is 451 g/mol. The first-order valence-corrected chi connectivity index (χ1v) is 11.5. The van der Waals surface area contributed by atoms with Crippen molar-refractivity contribution in [2.45, 2.75) is 59.5 Å². The second-order valence-corrected chi connectivity index (χ2v) is 8.93. The van der Waals surface area contributed by atoms with E-state index in [-0.39, 0.29) is 29.6 Å². The maximum absolute atomic E-state index is 13.0. The van der Waals surface area contributed by atoms with Gasteiger partial charge in [-0.05, 0) is 77.1 Å². The Morgan fingerprint density at radius 2 is 2.00 bits per heavy atom. The summed E-state index contributed by atoms with van der Waals surface area (Å²) in [6.07, 6.45) is 4.05. The van der Waals surface area contributed by atoms with E-state index in [1.807, 2.05) is 13.8 Å². The van der Waals surface area contributed by atoms with Gasteiger partial charge in [0.05, 0.1) is 18.6 Å². The van der Waals surface area contributed by atoms with Gasteiger partial charge in [-0.15, -0.1) is 0 Å². The molecule has 33 heavy (non-hydrogen) atoms. The SMILES string of the molecule is C=C(C)C(CC=C(C)C)CCc1c(O)ccc2c1OC(c1ccc(O)cc1OCC)CC2=O. The Bertz CT molecular complexity index is 1060. The third-order valence-electron chi connectivity index (χ3n) is 6.06. The van der Waals surface area contributed by atoms with Crippen molar-refractivity contribution in [3.05, 3.63) is 70.8 Å². The maximum Gasteiger partial charge on any atom is 0.170 e. The first kappa shape index (κ1) is 24.4. The summed E-state index contributed by atoms with van der Waals surface area (Å²) in [5.41, 5.74) is 4.19. The minimum Gasteiger partial charge on any atom is -0.508 e. The van der Waals surface area contributed by atoms with Gasteiger partial charge < -0.3 is 19.7 Å². The summed E-state index contributed by atoms with van der Waals surface area (Å²) in [7, 11) is 0. The van der Waals surface area contributed by atoms with Gasteiger partial charge in [0, 0.05) is 17.2 Å². The number of ketones is 1. The summed E-state index contributed by atoms with van der Waals surface area (Å²) in [6.45, 7) is 12.6. The van der Waals surface area contributed by atoms with Gasteiger partial charge >= 0.3 is 0 Å². The third-order valence-corrected chi connectivity index (χ3v) is 6.06. The van der Waals surface area contributed by atoms with Crippen LogP contribution in [0.3, 0.4) is 0 Å². The van der Waals surface area contributed by atoms with Crippen LogP contribution in [0.2, 0.25) is 0 Å². The number of hydrogen-bond donors (Lipinski definition) is 2. The number of benzene rings is 2. The highest BCUT2D eigenvalue weighted by molar-refractivity contribution is 6.00. The lowest BCUT2D eigenvalue weighted by Crippen LogP contribution is -2.22. The molecule has 1 aliphatic rings. The first-order valence-electron chi connectivity index (χ1n) is 11.5. The number of fused-ring (bicyclic) bond motifs is 1. The molecule has 0 spiro atoms. The Hall–Kier alpha value is -3.21. The molecule has 0 saturated heterocycles. The predicted molar refractivity (Wildman–Crippen MR) is 130 cm³/mol. The monoisotopic (exact) mass is 450 g/mol. The van der Waals surface area contributed by atoms with Crippen LogP contribution in [0.25, 0.3) is 0 Å². The van der Waals surface area contributed by atoms with Crippen molar-refractivity contribution in [1.82, 2.24) is 0 Å². The van der Waals surface area contributed by atoms with E-state index in [1.54, 1.807) is 24.3 Å². The van der Waals surface area contributed by atoms with Crippen molar-refractivity contribution >= 4 is 5.78 Å². The minimum absolute atomic E-state index is 0.0426. The highest BCUT2D eigenvalue weighted by atomic mass is 16.5. The normalized spacial score (nSPS) is 15.9. The molecule has 0 radical (unpaired) electrons. The van der Waals surface area contributed by atoms with Crippen LogP contribution >= 0.6 is 0 Å². The molecule has 3 rings (SSSR count). The number of carbonyl (C=O) groups excluding carboxylic acids is 1. The molecule has 0 aromatic heterocycles. The summed E-state index contributed by atoms with van der Waals surface area (Å²) in [6, 6.07) is 8.03. The number of hydrogen-bond acceptors (Lipinski definition) is 5. The third kappa shape index (κ3) is 5.78. The van der Waals surface area contributed by atoms with Gasteiger partial charge in [-0.3, -0.25) is 4.79 Å². The minimum atomic E-state index is -0.560. The van der Waals surface area contributed by atoms with Crippen LogP contribution < -0.4 is 9.47 Å². The van der Waals surface area contributed by atoms with Crippen molar-refractivity contribution in [2.24, 2.45) is 5.92 Å². The molecule has 0 aliphatic carbocycles. The van der Waals surface area contributed by atoms with Gasteiger partial charge in [-0.2, -0.15) is 0 Å². The Morgan fingerprint density at radius 3 is 2.67 bits per heavy atom. The Kier molecular flexibility index (Phi) is 7.85. The van der Waals surface area contributed by atoms with Crippen molar-refractivity contribution in [3.63, 3.8) is 0 Å². The van der Waals surface area contributed by atoms with E-state index in [0.717, 1.165) is 18.4 Å². The van der Waals surface area contributed by atoms with Gasteiger partial charge in [0.1, 0.15) is 29.1 Å². The molecule has 176 valence electrons. The van der Waals surface area contributed by atoms with Crippen molar-refractivity contribution in [1.29, 1.82) is 0 Å². The number of phenols is 2. The lowest BCUT2D eigenvalue weighted by molar-refractivity contribution is 0.0843. The van der Waals surface area contributed by atoms with Gasteiger partial charge in [-0.1, -0.05) is 23.8 Å². The van der Waals surface area contributed by atoms with Gasteiger partial charge in [0.25, 0.3) is 0 Å². The molecule has 2 unspecified atom stereocenters.